The van der Waals surface area contributed by atoms with E-state index in [1.807, 2.05) is 0 Å². The van der Waals surface area contributed by atoms with Crippen LogP contribution in [0.5, 0.6) is 0 Å². The van der Waals surface area contributed by atoms with Crippen molar-refractivity contribution in [3.63, 3.8) is 0 Å². The molecule has 2 heteroatoms. The highest BCUT2D eigenvalue weighted by molar-refractivity contribution is 5.57. The molecule has 0 aromatic heterocycles. The average molecular weight is 261 g/mol. The van der Waals surface area contributed by atoms with E-state index in [-0.39, 0.29) is 5.54 Å². The molecule has 2 rings (SSSR count). The first-order valence-corrected chi connectivity index (χ1v) is 7.43. The first-order valence-electron chi connectivity index (χ1n) is 7.43. The predicted octanol–water partition coefficient (Wildman–Crippen LogP) is 3.80. The maximum atomic E-state index is 9.48. The fourth-order valence-corrected chi connectivity index (χ4v) is 3.08. The van der Waals surface area contributed by atoms with Crippen LogP contribution in [0.3, 0.4) is 0 Å². The van der Waals surface area contributed by atoms with Gasteiger partial charge in [0.25, 0.3) is 0 Å². The van der Waals surface area contributed by atoms with Crippen LogP contribution in [0.2, 0.25) is 0 Å². The third-order valence-corrected chi connectivity index (χ3v) is 4.44. The van der Waals surface area contributed by atoms with Crippen LogP contribution in [0.4, 0.5) is 5.69 Å². The second-order valence-corrected chi connectivity index (χ2v) is 6.72. The van der Waals surface area contributed by atoms with Crippen molar-refractivity contribution in [1.82, 2.24) is 0 Å². The molecule has 0 spiro atoms. The molecule has 0 radical (unpaired) electrons. The van der Waals surface area contributed by atoms with Crippen molar-refractivity contribution in [2.75, 3.05) is 18.1 Å². The molecule has 1 heterocycles. The van der Waals surface area contributed by atoms with E-state index in [1.54, 1.807) is 0 Å². The first-order chi connectivity index (χ1) is 8.95. The van der Waals surface area contributed by atoms with E-state index in [0.29, 0.717) is 18.4 Å². The molecule has 1 fully saturated rings. The molecule has 1 saturated heterocycles. The predicted molar refractivity (Wildman–Crippen MR) is 81.8 cm³/mol. The summed E-state index contributed by atoms with van der Waals surface area (Å²) in [6, 6.07) is 8.72. The van der Waals surface area contributed by atoms with Gasteiger partial charge < -0.3 is 10.0 Å². The van der Waals surface area contributed by atoms with E-state index in [9.17, 15) is 5.11 Å². The van der Waals surface area contributed by atoms with E-state index in [4.69, 9.17) is 0 Å². The first kappa shape index (κ1) is 14.4. The molecule has 1 atom stereocenters. The van der Waals surface area contributed by atoms with Crippen LogP contribution in [0, 0.1) is 5.92 Å². The number of aliphatic hydroxyl groups is 1. The van der Waals surface area contributed by atoms with Gasteiger partial charge in [-0.3, -0.25) is 0 Å². The number of anilines is 1. The second kappa shape index (κ2) is 5.54. The van der Waals surface area contributed by atoms with Gasteiger partial charge in [0.15, 0.2) is 0 Å². The van der Waals surface area contributed by atoms with Crippen LogP contribution in [-0.2, 0) is 0 Å². The lowest BCUT2D eigenvalue weighted by molar-refractivity contribution is 0.181. The fraction of sp³-hybridized carbons (Fsp3) is 0.647. The molecule has 19 heavy (non-hydrogen) atoms. The quantitative estimate of drug-likeness (QED) is 0.894. The molecule has 1 N–H and O–H groups in total. The van der Waals surface area contributed by atoms with Crippen molar-refractivity contribution in [2.24, 2.45) is 5.92 Å². The summed E-state index contributed by atoms with van der Waals surface area (Å²) in [5.41, 5.74) is 2.94. The lowest BCUT2D eigenvalue weighted by atomic mass is 9.83. The van der Waals surface area contributed by atoms with Gasteiger partial charge in [0, 0.05) is 24.4 Å². The molecule has 1 aliphatic heterocycles. The SMILES string of the molecule is CC(C)c1ccccc1N1CC(CO)CCC1(C)C. The molecule has 1 aromatic rings. The molecular weight excluding hydrogens is 234 g/mol. The summed E-state index contributed by atoms with van der Waals surface area (Å²) in [7, 11) is 0. The van der Waals surface area contributed by atoms with Gasteiger partial charge >= 0.3 is 0 Å². The smallest absolute Gasteiger partial charge is 0.0476 e. The zero-order chi connectivity index (χ0) is 14.0. The van der Waals surface area contributed by atoms with Gasteiger partial charge in [-0.25, -0.2) is 0 Å². The summed E-state index contributed by atoms with van der Waals surface area (Å²) in [6.07, 6.45) is 2.27. The number of benzene rings is 1. The van der Waals surface area contributed by atoms with E-state index in [0.717, 1.165) is 19.4 Å². The van der Waals surface area contributed by atoms with Crippen LogP contribution in [0.1, 0.15) is 52.0 Å². The Morgan fingerprint density at radius 3 is 2.63 bits per heavy atom. The van der Waals surface area contributed by atoms with Gasteiger partial charge in [0.2, 0.25) is 0 Å². The molecule has 1 aromatic carbocycles. The van der Waals surface area contributed by atoms with E-state index in [2.05, 4.69) is 56.9 Å². The molecule has 2 nitrogen and oxygen atoms in total. The summed E-state index contributed by atoms with van der Waals surface area (Å²) in [4.78, 5) is 2.51. The van der Waals surface area contributed by atoms with Gasteiger partial charge in [-0.15, -0.1) is 0 Å². The normalized spacial score (nSPS) is 22.8. The largest absolute Gasteiger partial charge is 0.396 e. The minimum Gasteiger partial charge on any atom is -0.396 e. The van der Waals surface area contributed by atoms with Crippen molar-refractivity contribution in [2.45, 2.75) is 52.0 Å². The second-order valence-electron chi connectivity index (χ2n) is 6.72. The highest BCUT2D eigenvalue weighted by Gasteiger charge is 2.35. The Morgan fingerprint density at radius 1 is 1.32 bits per heavy atom. The lowest BCUT2D eigenvalue weighted by Crippen LogP contribution is -2.51. The Morgan fingerprint density at radius 2 is 2.00 bits per heavy atom. The summed E-state index contributed by atoms with van der Waals surface area (Å²) >= 11 is 0. The Labute approximate surface area is 117 Å². The Balaban J connectivity index is 2.37. The average Bonchev–Trinajstić information content (AvgIpc) is 2.38. The minimum absolute atomic E-state index is 0.177. The molecule has 1 unspecified atom stereocenters. The van der Waals surface area contributed by atoms with Crippen LogP contribution in [-0.4, -0.2) is 23.8 Å². The zero-order valence-corrected chi connectivity index (χ0v) is 12.7. The minimum atomic E-state index is 0.177. The summed E-state index contributed by atoms with van der Waals surface area (Å²) in [5, 5.41) is 9.48. The van der Waals surface area contributed by atoms with Crippen LogP contribution < -0.4 is 4.90 Å². The number of aliphatic hydroxyl groups excluding tert-OH is 1. The maximum Gasteiger partial charge on any atom is 0.0476 e. The number of piperidine rings is 1. The summed E-state index contributed by atoms with van der Waals surface area (Å²) in [6.45, 7) is 10.4. The summed E-state index contributed by atoms with van der Waals surface area (Å²) in [5.74, 6) is 0.940. The number of rotatable bonds is 3. The van der Waals surface area contributed by atoms with Crippen LogP contribution in [0.25, 0.3) is 0 Å². The Hall–Kier alpha value is -1.02. The molecule has 0 bridgehead atoms. The number of para-hydroxylation sites is 1. The van der Waals surface area contributed by atoms with E-state index >= 15 is 0 Å². The lowest BCUT2D eigenvalue weighted by Gasteiger charge is -2.48. The molecule has 0 amide bonds. The third-order valence-electron chi connectivity index (χ3n) is 4.44. The number of hydrogen-bond donors (Lipinski definition) is 1. The van der Waals surface area contributed by atoms with E-state index < -0.39 is 0 Å². The van der Waals surface area contributed by atoms with Crippen molar-refractivity contribution in [3.8, 4) is 0 Å². The van der Waals surface area contributed by atoms with Gasteiger partial charge in [-0.1, -0.05) is 32.0 Å². The standard InChI is InChI=1S/C17H27NO/c1-13(2)15-7-5-6-8-16(15)18-11-14(12-19)9-10-17(18,3)4/h5-8,13-14,19H,9-12H2,1-4H3. The Bertz CT molecular complexity index is 425. The van der Waals surface area contributed by atoms with Crippen LogP contribution in [0.15, 0.2) is 24.3 Å². The highest BCUT2D eigenvalue weighted by Crippen LogP contribution is 2.38. The van der Waals surface area contributed by atoms with Crippen LogP contribution >= 0.6 is 0 Å². The monoisotopic (exact) mass is 261 g/mol. The number of nitrogens with zero attached hydrogens (tertiary/aromatic N) is 1. The van der Waals surface area contributed by atoms with Crippen molar-refractivity contribution >= 4 is 5.69 Å². The van der Waals surface area contributed by atoms with Crippen molar-refractivity contribution < 1.29 is 5.11 Å². The van der Waals surface area contributed by atoms with Crippen molar-refractivity contribution in [3.05, 3.63) is 29.8 Å². The zero-order valence-electron chi connectivity index (χ0n) is 12.7. The molecule has 106 valence electrons. The molecule has 1 aliphatic rings. The molecule has 0 aliphatic carbocycles. The van der Waals surface area contributed by atoms with E-state index in [1.165, 1.54) is 11.3 Å². The fourth-order valence-electron chi connectivity index (χ4n) is 3.08. The van der Waals surface area contributed by atoms with Gasteiger partial charge in [-0.2, -0.15) is 0 Å². The van der Waals surface area contributed by atoms with Crippen molar-refractivity contribution in [1.29, 1.82) is 0 Å². The molecular formula is C17H27NO. The number of hydrogen-bond acceptors (Lipinski definition) is 2. The van der Waals surface area contributed by atoms with Gasteiger partial charge in [-0.05, 0) is 50.2 Å². The topological polar surface area (TPSA) is 23.5 Å². The van der Waals surface area contributed by atoms with Gasteiger partial charge in [0.05, 0.1) is 0 Å². The van der Waals surface area contributed by atoms with Gasteiger partial charge in [0.1, 0.15) is 0 Å². The molecule has 0 saturated carbocycles. The highest BCUT2D eigenvalue weighted by atomic mass is 16.3. The third kappa shape index (κ3) is 2.94. The maximum absolute atomic E-state index is 9.48. The Kier molecular flexibility index (Phi) is 4.19. The summed E-state index contributed by atoms with van der Waals surface area (Å²) < 4.78 is 0.